The van der Waals surface area contributed by atoms with Gasteiger partial charge in [0.2, 0.25) is 6.10 Å². The Kier molecular flexibility index (Phi) is 5.25. The molecular formula is C16H21NO5. The van der Waals surface area contributed by atoms with Crippen LogP contribution in [0.25, 0.3) is 0 Å². The van der Waals surface area contributed by atoms with E-state index in [9.17, 15) is 9.59 Å². The molecule has 6 heteroatoms. The number of fused-ring (bicyclic) bond motifs is 1. The molecule has 0 saturated heterocycles. The first-order valence-corrected chi connectivity index (χ1v) is 7.34. The van der Waals surface area contributed by atoms with Crippen LogP contribution in [0.2, 0.25) is 0 Å². The van der Waals surface area contributed by atoms with Gasteiger partial charge in [-0.15, -0.1) is 0 Å². The van der Waals surface area contributed by atoms with Crippen LogP contribution in [0.4, 0.5) is 0 Å². The first-order valence-electron chi connectivity index (χ1n) is 7.34. The normalized spacial score (nSPS) is 17.7. The van der Waals surface area contributed by atoms with Crippen LogP contribution >= 0.6 is 0 Å². The largest absolute Gasteiger partial charge is 0.485 e. The second-order valence-corrected chi connectivity index (χ2v) is 5.58. The SMILES string of the molecule is CC(C)CNC(=O)[C@H](C)OC(=O)[C@@H]1COc2ccccc2O1. The van der Waals surface area contributed by atoms with E-state index in [2.05, 4.69) is 5.32 Å². The molecule has 0 radical (unpaired) electrons. The van der Waals surface area contributed by atoms with Crippen LogP contribution in [0.1, 0.15) is 20.8 Å². The molecule has 0 aliphatic carbocycles. The summed E-state index contributed by atoms with van der Waals surface area (Å²) in [5.41, 5.74) is 0. The molecule has 2 rings (SSSR count). The fraction of sp³-hybridized carbons (Fsp3) is 0.500. The lowest BCUT2D eigenvalue weighted by atomic mass is 10.2. The number of carbonyl (C=O) groups excluding carboxylic acids is 2. The van der Waals surface area contributed by atoms with Gasteiger partial charge in [0.15, 0.2) is 17.6 Å². The molecule has 0 bridgehead atoms. The Hall–Kier alpha value is -2.24. The van der Waals surface area contributed by atoms with Crippen molar-refractivity contribution in [2.45, 2.75) is 33.0 Å². The summed E-state index contributed by atoms with van der Waals surface area (Å²) in [5.74, 6) is 0.487. The van der Waals surface area contributed by atoms with Gasteiger partial charge < -0.3 is 19.5 Å². The molecule has 1 amide bonds. The Morgan fingerprint density at radius 1 is 1.27 bits per heavy atom. The number of esters is 1. The van der Waals surface area contributed by atoms with Gasteiger partial charge in [0.25, 0.3) is 5.91 Å². The number of benzene rings is 1. The molecule has 1 aliphatic heterocycles. The maximum Gasteiger partial charge on any atom is 0.351 e. The highest BCUT2D eigenvalue weighted by molar-refractivity contribution is 5.84. The van der Waals surface area contributed by atoms with E-state index >= 15 is 0 Å². The second kappa shape index (κ2) is 7.15. The van der Waals surface area contributed by atoms with Crippen molar-refractivity contribution in [1.82, 2.24) is 5.32 Å². The first kappa shape index (κ1) is 16.1. The fourth-order valence-corrected chi connectivity index (χ4v) is 1.89. The molecule has 0 aromatic heterocycles. The predicted molar refractivity (Wildman–Crippen MR) is 79.8 cm³/mol. The minimum atomic E-state index is -0.868. The van der Waals surface area contributed by atoms with E-state index in [1.807, 2.05) is 19.9 Å². The minimum absolute atomic E-state index is 0.0657. The highest BCUT2D eigenvalue weighted by Gasteiger charge is 2.31. The van der Waals surface area contributed by atoms with Crippen molar-refractivity contribution in [2.24, 2.45) is 5.92 Å². The second-order valence-electron chi connectivity index (χ2n) is 5.58. The smallest absolute Gasteiger partial charge is 0.351 e. The van der Waals surface area contributed by atoms with Crippen molar-refractivity contribution in [3.63, 3.8) is 0 Å². The van der Waals surface area contributed by atoms with Crippen LogP contribution in [-0.4, -0.2) is 37.2 Å². The fourth-order valence-electron chi connectivity index (χ4n) is 1.89. The van der Waals surface area contributed by atoms with Gasteiger partial charge >= 0.3 is 5.97 Å². The van der Waals surface area contributed by atoms with Gasteiger partial charge in [-0.2, -0.15) is 0 Å². The summed E-state index contributed by atoms with van der Waals surface area (Å²) in [5, 5.41) is 2.72. The topological polar surface area (TPSA) is 73.9 Å². The number of ether oxygens (including phenoxy) is 3. The molecule has 0 spiro atoms. The predicted octanol–water partition coefficient (Wildman–Crippen LogP) is 1.53. The molecule has 22 heavy (non-hydrogen) atoms. The van der Waals surface area contributed by atoms with Crippen LogP contribution in [0.3, 0.4) is 0 Å². The zero-order chi connectivity index (χ0) is 16.1. The summed E-state index contributed by atoms with van der Waals surface area (Å²) in [6.07, 6.45) is -1.73. The molecular weight excluding hydrogens is 286 g/mol. The summed E-state index contributed by atoms with van der Waals surface area (Å²) >= 11 is 0. The average Bonchev–Trinajstić information content (AvgIpc) is 2.51. The Bertz CT molecular complexity index is 543. The zero-order valence-corrected chi connectivity index (χ0v) is 13.0. The molecule has 1 aromatic rings. The third-order valence-electron chi connectivity index (χ3n) is 3.12. The third-order valence-corrected chi connectivity index (χ3v) is 3.12. The highest BCUT2D eigenvalue weighted by atomic mass is 16.6. The van der Waals surface area contributed by atoms with E-state index in [4.69, 9.17) is 14.2 Å². The van der Waals surface area contributed by atoms with E-state index in [1.54, 1.807) is 18.2 Å². The molecule has 0 saturated carbocycles. The lowest BCUT2D eigenvalue weighted by Crippen LogP contribution is -2.43. The van der Waals surface area contributed by atoms with Crippen molar-refractivity contribution >= 4 is 11.9 Å². The van der Waals surface area contributed by atoms with Crippen LogP contribution in [-0.2, 0) is 14.3 Å². The third kappa shape index (κ3) is 4.13. The highest BCUT2D eigenvalue weighted by Crippen LogP contribution is 2.31. The maximum atomic E-state index is 12.1. The standard InChI is InChI=1S/C16H21NO5/c1-10(2)8-17-15(18)11(3)21-16(19)14-9-20-12-6-4-5-7-13(12)22-14/h4-7,10-11,14H,8-9H2,1-3H3,(H,17,18)/t11-,14-/m0/s1. The molecule has 1 aliphatic rings. The first-order chi connectivity index (χ1) is 10.5. The van der Waals surface area contributed by atoms with Crippen molar-refractivity contribution < 1.29 is 23.8 Å². The lowest BCUT2D eigenvalue weighted by Gasteiger charge is -2.26. The van der Waals surface area contributed by atoms with Crippen molar-refractivity contribution in [3.05, 3.63) is 24.3 Å². The van der Waals surface area contributed by atoms with Gasteiger partial charge in [-0.25, -0.2) is 4.79 Å². The molecule has 1 N–H and O–H groups in total. The number of rotatable bonds is 5. The minimum Gasteiger partial charge on any atom is -0.485 e. The maximum absolute atomic E-state index is 12.1. The Morgan fingerprint density at radius 3 is 2.64 bits per heavy atom. The van der Waals surface area contributed by atoms with Crippen LogP contribution < -0.4 is 14.8 Å². The number of carbonyl (C=O) groups is 2. The molecule has 2 atom stereocenters. The van der Waals surface area contributed by atoms with E-state index in [-0.39, 0.29) is 12.5 Å². The summed E-state index contributed by atoms with van der Waals surface area (Å²) in [6, 6.07) is 7.09. The Balaban J connectivity index is 1.86. The van der Waals surface area contributed by atoms with E-state index in [1.165, 1.54) is 6.92 Å². The number of amides is 1. The molecule has 0 unspecified atom stereocenters. The molecule has 0 fully saturated rings. The number of nitrogens with one attached hydrogen (secondary N) is 1. The number of hydrogen-bond acceptors (Lipinski definition) is 5. The summed E-state index contributed by atoms with van der Waals surface area (Å²) in [4.78, 5) is 23.9. The zero-order valence-electron chi connectivity index (χ0n) is 13.0. The Morgan fingerprint density at radius 2 is 1.95 bits per heavy atom. The summed E-state index contributed by atoms with van der Waals surface area (Å²) in [7, 11) is 0. The monoisotopic (exact) mass is 307 g/mol. The van der Waals surface area contributed by atoms with Crippen molar-refractivity contribution in [2.75, 3.05) is 13.2 Å². The van der Waals surface area contributed by atoms with Crippen LogP contribution in [0, 0.1) is 5.92 Å². The lowest BCUT2D eigenvalue weighted by molar-refractivity contribution is -0.163. The molecule has 120 valence electrons. The van der Waals surface area contributed by atoms with E-state index in [0.717, 1.165) is 0 Å². The Labute approximate surface area is 129 Å². The summed E-state index contributed by atoms with van der Waals surface area (Å²) < 4.78 is 16.1. The average molecular weight is 307 g/mol. The number of para-hydroxylation sites is 2. The molecule has 1 heterocycles. The van der Waals surface area contributed by atoms with Gasteiger partial charge in [0.1, 0.15) is 6.61 Å². The molecule has 6 nitrogen and oxygen atoms in total. The van der Waals surface area contributed by atoms with Crippen molar-refractivity contribution in [1.29, 1.82) is 0 Å². The summed E-state index contributed by atoms with van der Waals surface area (Å²) in [6.45, 7) is 6.11. The van der Waals surface area contributed by atoms with E-state index < -0.39 is 18.2 Å². The number of hydrogen-bond donors (Lipinski definition) is 1. The van der Waals surface area contributed by atoms with Crippen LogP contribution in [0.15, 0.2) is 24.3 Å². The van der Waals surface area contributed by atoms with Gasteiger partial charge in [-0.05, 0) is 25.0 Å². The van der Waals surface area contributed by atoms with Gasteiger partial charge in [-0.1, -0.05) is 26.0 Å². The van der Waals surface area contributed by atoms with Gasteiger partial charge in [0.05, 0.1) is 0 Å². The molecule has 1 aromatic carbocycles. The quantitative estimate of drug-likeness (QED) is 0.835. The van der Waals surface area contributed by atoms with Crippen molar-refractivity contribution in [3.8, 4) is 11.5 Å². The van der Waals surface area contributed by atoms with E-state index in [0.29, 0.717) is 24.0 Å². The van der Waals surface area contributed by atoms with Crippen LogP contribution in [0.5, 0.6) is 11.5 Å². The van der Waals surface area contributed by atoms with Gasteiger partial charge in [0, 0.05) is 6.54 Å². The van der Waals surface area contributed by atoms with Gasteiger partial charge in [-0.3, -0.25) is 4.79 Å².